The Morgan fingerprint density at radius 2 is 0.597 bits per heavy atom. The number of hydrogen-bond donors (Lipinski definition) is 0. The summed E-state index contributed by atoms with van der Waals surface area (Å²) >= 11 is 0. The van der Waals surface area contributed by atoms with Crippen LogP contribution in [-0.2, 0) is 0 Å². The van der Waals surface area contributed by atoms with Crippen LogP contribution in [-0.4, -0.2) is 14.2 Å². The zero-order valence-corrected chi connectivity index (χ0v) is 40.4. The predicted octanol–water partition coefficient (Wildman–Crippen LogP) is 19.3. The highest BCUT2D eigenvalue weighted by Crippen LogP contribution is 2.62. The second-order valence-corrected chi connectivity index (χ2v) is 19.7. The van der Waals surface area contributed by atoms with E-state index < -0.39 is 0 Å². The van der Waals surface area contributed by atoms with Crippen molar-refractivity contribution in [2.75, 3.05) is 14.2 Å². The van der Waals surface area contributed by atoms with E-state index in [1.54, 1.807) is 14.2 Å². The van der Waals surface area contributed by atoms with Crippen molar-refractivity contribution >= 4 is 75.4 Å². The first-order valence-corrected chi connectivity index (χ1v) is 25.0. The smallest absolute Gasteiger partial charge is 0.118 e. The zero-order valence-electron chi connectivity index (χ0n) is 40.4. The van der Waals surface area contributed by atoms with Crippen molar-refractivity contribution in [3.63, 3.8) is 0 Å². The van der Waals surface area contributed by atoms with Crippen LogP contribution in [0.3, 0.4) is 0 Å². The van der Waals surface area contributed by atoms with Crippen LogP contribution in [0.4, 0.5) is 0 Å². The van der Waals surface area contributed by atoms with Crippen molar-refractivity contribution < 1.29 is 9.47 Å². The molecule has 0 fully saturated rings. The van der Waals surface area contributed by atoms with E-state index in [1.807, 2.05) is 0 Å². The van der Waals surface area contributed by atoms with Crippen molar-refractivity contribution in [2.45, 2.75) is 13.8 Å². The molecule has 0 heterocycles. The largest absolute Gasteiger partial charge is 0.497 e. The van der Waals surface area contributed by atoms with Crippen LogP contribution < -0.4 is 9.47 Å². The van der Waals surface area contributed by atoms with Gasteiger partial charge in [-0.2, -0.15) is 0 Å². The topological polar surface area (TPSA) is 18.5 Å². The average Bonchev–Trinajstić information content (AvgIpc) is 4.10. The molecule has 14 aromatic carbocycles. The van der Waals surface area contributed by atoms with Crippen LogP contribution in [0.25, 0.3) is 153 Å². The maximum atomic E-state index is 5.75. The quantitative estimate of drug-likeness (QED) is 0.159. The molecule has 0 bridgehead atoms. The van der Waals surface area contributed by atoms with Gasteiger partial charge < -0.3 is 9.47 Å². The highest BCUT2D eigenvalue weighted by molar-refractivity contribution is 6.41. The van der Waals surface area contributed by atoms with E-state index in [4.69, 9.17) is 9.47 Å². The van der Waals surface area contributed by atoms with Gasteiger partial charge in [-0.15, -0.1) is 0 Å². The van der Waals surface area contributed by atoms with Crippen LogP contribution in [0.1, 0.15) is 11.1 Å². The maximum Gasteiger partial charge on any atom is 0.118 e. The van der Waals surface area contributed by atoms with E-state index in [-0.39, 0.29) is 0 Å². The Morgan fingerprint density at radius 3 is 1.10 bits per heavy atom. The molecule has 0 atom stereocenters. The number of rotatable bonds is 7. The van der Waals surface area contributed by atoms with Crippen molar-refractivity contribution in [3.05, 3.63) is 217 Å². The lowest BCUT2D eigenvalue weighted by Crippen LogP contribution is -1.99. The van der Waals surface area contributed by atoms with Gasteiger partial charge in [0, 0.05) is 0 Å². The number of ether oxygens (including phenoxy) is 2. The molecule has 0 unspecified atom stereocenters. The van der Waals surface area contributed by atoms with Gasteiger partial charge in [0.2, 0.25) is 0 Å². The SMILES string of the molecule is COc1ccc(-c2c(-c3ccc(OC)cc3)c(-c3ccccc3)c3c(c2-c2ccccc2)-c2cccc4c(-c5ccc6c7c(C)c8c9cccc%10cccc(c8c(C)c7c7cccc5c76)c%109)ccc-3c24)cc1. The summed E-state index contributed by atoms with van der Waals surface area (Å²) < 4.78 is 11.5. The van der Waals surface area contributed by atoms with Crippen LogP contribution in [0.2, 0.25) is 0 Å². The minimum Gasteiger partial charge on any atom is -0.497 e. The second-order valence-electron chi connectivity index (χ2n) is 19.7. The molecule has 0 saturated carbocycles. The Labute approximate surface area is 417 Å². The van der Waals surface area contributed by atoms with Gasteiger partial charge in [-0.25, -0.2) is 0 Å². The Bertz CT molecular complexity index is 4330. The third-order valence-corrected chi connectivity index (χ3v) is 16.3. The zero-order chi connectivity index (χ0) is 47.9. The molecule has 0 radical (unpaired) electrons. The van der Waals surface area contributed by atoms with Crippen LogP contribution in [0.15, 0.2) is 206 Å². The van der Waals surface area contributed by atoms with Crippen molar-refractivity contribution in [3.8, 4) is 89.4 Å². The molecular formula is C70H46O2. The third kappa shape index (κ3) is 5.44. The number of methoxy groups -OCH3 is 2. The molecule has 0 saturated heterocycles. The summed E-state index contributed by atoms with van der Waals surface area (Å²) in [5.74, 6) is 1.65. The first-order chi connectivity index (χ1) is 35.5. The van der Waals surface area contributed by atoms with Gasteiger partial charge in [0.15, 0.2) is 0 Å². The molecule has 0 aliphatic heterocycles. The summed E-state index contributed by atoms with van der Waals surface area (Å²) in [6, 6.07) is 76.6. The van der Waals surface area contributed by atoms with E-state index in [9.17, 15) is 0 Å². The summed E-state index contributed by atoms with van der Waals surface area (Å²) in [6.45, 7) is 4.73. The van der Waals surface area contributed by atoms with E-state index in [0.29, 0.717) is 0 Å². The molecule has 2 heteroatoms. The average molecular weight is 919 g/mol. The first-order valence-electron chi connectivity index (χ1n) is 25.0. The Balaban J connectivity index is 1.04. The molecule has 1 aliphatic rings. The summed E-state index contributed by atoms with van der Waals surface area (Å²) in [5.41, 5.74) is 19.6. The highest BCUT2D eigenvalue weighted by Gasteiger charge is 2.35. The van der Waals surface area contributed by atoms with Crippen LogP contribution in [0, 0.1) is 13.8 Å². The predicted molar refractivity (Wildman–Crippen MR) is 306 cm³/mol. The lowest BCUT2D eigenvalue weighted by molar-refractivity contribution is 0.414. The molecule has 72 heavy (non-hydrogen) atoms. The molecule has 14 aromatic rings. The molecule has 0 spiro atoms. The van der Waals surface area contributed by atoms with Crippen LogP contribution >= 0.6 is 0 Å². The monoisotopic (exact) mass is 918 g/mol. The van der Waals surface area contributed by atoms with Gasteiger partial charge in [-0.1, -0.05) is 182 Å². The first kappa shape index (κ1) is 40.9. The Morgan fingerprint density at radius 1 is 0.236 bits per heavy atom. The van der Waals surface area contributed by atoms with Gasteiger partial charge in [0.05, 0.1) is 14.2 Å². The summed E-state index contributed by atoms with van der Waals surface area (Å²) in [6.07, 6.45) is 0. The molecular weight excluding hydrogens is 873 g/mol. The molecule has 15 rings (SSSR count). The van der Waals surface area contributed by atoms with Crippen molar-refractivity contribution in [2.24, 2.45) is 0 Å². The molecule has 0 N–H and O–H groups in total. The van der Waals surface area contributed by atoms with E-state index >= 15 is 0 Å². The molecule has 338 valence electrons. The lowest BCUT2D eigenvalue weighted by Gasteiger charge is -2.26. The molecule has 0 aromatic heterocycles. The van der Waals surface area contributed by atoms with E-state index in [1.165, 1.54) is 153 Å². The van der Waals surface area contributed by atoms with Gasteiger partial charge in [-0.05, 0) is 203 Å². The molecule has 2 nitrogen and oxygen atoms in total. The van der Waals surface area contributed by atoms with Gasteiger partial charge in [-0.3, -0.25) is 0 Å². The summed E-state index contributed by atoms with van der Waals surface area (Å²) in [4.78, 5) is 0. The van der Waals surface area contributed by atoms with E-state index in [0.717, 1.165) is 22.6 Å². The molecule has 1 aliphatic carbocycles. The number of aryl methyl sites for hydroxylation is 2. The van der Waals surface area contributed by atoms with E-state index in [2.05, 4.69) is 220 Å². The minimum absolute atomic E-state index is 0.824. The summed E-state index contributed by atoms with van der Waals surface area (Å²) in [7, 11) is 3.47. The minimum atomic E-state index is 0.824. The van der Waals surface area contributed by atoms with Gasteiger partial charge in [0.1, 0.15) is 11.5 Å². The number of benzene rings is 12. The highest BCUT2D eigenvalue weighted by atomic mass is 16.5. The van der Waals surface area contributed by atoms with Gasteiger partial charge >= 0.3 is 0 Å². The fraction of sp³-hybridized carbons (Fsp3) is 0.0571. The molecule has 0 amide bonds. The normalized spacial score (nSPS) is 12.2. The Hall–Kier alpha value is -8.98. The summed E-state index contributed by atoms with van der Waals surface area (Å²) in [5, 5.41) is 18.8. The van der Waals surface area contributed by atoms with Crippen molar-refractivity contribution in [1.82, 2.24) is 0 Å². The second kappa shape index (κ2) is 15.3. The van der Waals surface area contributed by atoms with Gasteiger partial charge in [0.25, 0.3) is 0 Å². The fourth-order valence-corrected chi connectivity index (χ4v) is 13.4. The fourth-order valence-electron chi connectivity index (χ4n) is 13.4. The Kier molecular flexibility index (Phi) is 8.66. The van der Waals surface area contributed by atoms with Crippen LogP contribution in [0.5, 0.6) is 11.5 Å². The third-order valence-electron chi connectivity index (χ3n) is 16.3. The maximum absolute atomic E-state index is 5.75. The standard InChI is InChI=1S/C70H46O2/c1-39-58-52-23-11-19-41-20-12-24-53(62(41)52)59(58)40(2)61-56-37-35-48(50-21-13-25-54(60(39)61)67(50)56)49-36-38-57-68-51(49)22-14-26-55(68)69-65(42-15-7-5-8-16-42)63(44-27-31-46(71-3)32-28-44)64(45-29-33-47(72-4)34-30-45)66(70(57)69)43-17-9-6-10-18-43/h5-38H,1-4H3. The lowest BCUT2D eigenvalue weighted by atomic mass is 9.76. The number of fused-ring (bicyclic) bond motifs is 9. The van der Waals surface area contributed by atoms with Crippen molar-refractivity contribution in [1.29, 1.82) is 0 Å². The number of hydrogen-bond acceptors (Lipinski definition) is 2.